The lowest BCUT2D eigenvalue weighted by atomic mass is 10.1. The summed E-state index contributed by atoms with van der Waals surface area (Å²) in [5, 5.41) is 12.4. The van der Waals surface area contributed by atoms with Crippen LogP contribution in [0.5, 0.6) is 5.75 Å². The first-order valence-electron chi connectivity index (χ1n) is 7.89. The third kappa shape index (κ3) is 3.15. The molecule has 1 N–H and O–H groups in total. The average molecular weight is 352 g/mol. The van der Waals surface area contributed by atoms with Crippen molar-refractivity contribution in [1.29, 1.82) is 0 Å². The van der Waals surface area contributed by atoms with Gasteiger partial charge in [-0.2, -0.15) is 5.11 Å². The topological polar surface area (TPSA) is 75.4 Å². The van der Waals surface area contributed by atoms with Gasteiger partial charge in [0, 0.05) is 16.8 Å². The number of amidine groups is 1. The Kier molecular flexibility index (Phi) is 4.23. The van der Waals surface area contributed by atoms with Gasteiger partial charge >= 0.3 is 0 Å². The smallest absolute Gasteiger partial charge is 0.206 e. The second-order valence-corrected chi connectivity index (χ2v) is 6.63. The number of nitrogens with zero attached hydrogens (tertiary/aromatic N) is 3. The molecule has 2 atom stereocenters. The van der Waals surface area contributed by atoms with Crippen molar-refractivity contribution >= 4 is 28.4 Å². The zero-order valence-corrected chi connectivity index (χ0v) is 14.4. The van der Waals surface area contributed by atoms with E-state index < -0.39 is 0 Å². The number of fused-ring (bicyclic) bond motifs is 3. The molecule has 0 fully saturated rings. The first-order chi connectivity index (χ1) is 12.2. The maximum atomic E-state index is 12.3. The number of ketones is 1. The van der Waals surface area contributed by atoms with E-state index >= 15 is 0 Å². The van der Waals surface area contributed by atoms with E-state index in [1.165, 1.54) is 11.8 Å². The van der Waals surface area contributed by atoms with E-state index in [9.17, 15) is 4.79 Å². The number of hydrogen-bond acceptors (Lipinski definition) is 7. The van der Waals surface area contributed by atoms with E-state index in [2.05, 4.69) is 20.5 Å². The lowest BCUT2D eigenvalue weighted by Gasteiger charge is -2.16. The number of hydrogen-bond donors (Lipinski definition) is 1. The van der Waals surface area contributed by atoms with Gasteiger partial charge in [0.1, 0.15) is 11.8 Å². The molecule has 2 heterocycles. The maximum absolute atomic E-state index is 12.3. The third-order valence-corrected chi connectivity index (χ3v) is 5.00. The summed E-state index contributed by atoms with van der Waals surface area (Å²) >= 11 is 1.31. The van der Waals surface area contributed by atoms with Crippen molar-refractivity contribution in [3.05, 3.63) is 59.7 Å². The summed E-state index contributed by atoms with van der Waals surface area (Å²) in [6.07, 6.45) is -0.145. The number of para-hydroxylation sites is 1. The number of methoxy groups -OCH3 is 1. The molecule has 0 saturated heterocycles. The number of azo groups is 1. The molecule has 25 heavy (non-hydrogen) atoms. The summed E-state index contributed by atoms with van der Waals surface area (Å²) in [7, 11) is 1.60. The Morgan fingerprint density at radius 3 is 2.80 bits per heavy atom. The molecule has 0 saturated carbocycles. The number of thioether (sulfide) groups is 1. The van der Waals surface area contributed by atoms with Crippen molar-refractivity contribution < 1.29 is 9.53 Å². The second-order valence-electron chi connectivity index (χ2n) is 5.69. The standard InChI is InChI=1S/C18H16N4O2S/c1-24-12-8-6-11(7-9-12)15(23)10-25-18-20-17-16(21-22-18)13-4-2-3-5-14(13)19-17/h2-9,16-17,19H,10H2,1H3/t16-,17-/m1/s1. The van der Waals surface area contributed by atoms with Crippen LogP contribution in [0.25, 0.3) is 0 Å². The van der Waals surface area contributed by atoms with Crippen LogP contribution < -0.4 is 10.1 Å². The van der Waals surface area contributed by atoms with Gasteiger partial charge in [-0.1, -0.05) is 30.0 Å². The Labute approximate surface area is 149 Å². The van der Waals surface area contributed by atoms with Crippen LogP contribution in [0.4, 0.5) is 5.69 Å². The molecule has 2 aliphatic heterocycles. The highest BCUT2D eigenvalue weighted by molar-refractivity contribution is 8.14. The monoisotopic (exact) mass is 352 g/mol. The van der Waals surface area contributed by atoms with Gasteiger partial charge in [-0.15, -0.1) is 5.11 Å². The first-order valence-corrected chi connectivity index (χ1v) is 8.87. The van der Waals surface area contributed by atoms with Gasteiger partial charge in [0.05, 0.1) is 12.9 Å². The van der Waals surface area contributed by atoms with Crippen molar-refractivity contribution in [3.63, 3.8) is 0 Å². The predicted octanol–water partition coefficient (Wildman–Crippen LogP) is 3.93. The predicted molar refractivity (Wildman–Crippen MR) is 98.7 cm³/mol. The number of ether oxygens (including phenoxy) is 1. The molecular weight excluding hydrogens is 336 g/mol. The molecule has 0 aromatic heterocycles. The molecular formula is C18H16N4O2S. The van der Waals surface area contributed by atoms with Crippen molar-refractivity contribution in [2.75, 3.05) is 18.2 Å². The highest BCUT2D eigenvalue weighted by Crippen LogP contribution is 2.39. The van der Waals surface area contributed by atoms with Crippen LogP contribution in [-0.4, -0.2) is 30.0 Å². The largest absolute Gasteiger partial charge is 0.497 e. The minimum Gasteiger partial charge on any atom is -0.497 e. The molecule has 0 amide bonds. The fraction of sp³-hybridized carbons (Fsp3) is 0.222. The first kappa shape index (κ1) is 15.8. The van der Waals surface area contributed by atoms with Crippen LogP contribution in [0.15, 0.2) is 63.8 Å². The number of carbonyl (C=O) groups is 1. The van der Waals surface area contributed by atoms with Crippen LogP contribution >= 0.6 is 11.8 Å². The zero-order valence-electron chi connectivity index (χ0n) is 13.5. The van der Waals surface area contributed by atoms with Crippen molar-refractivity contribution in [3.8, 4) is 5.75 Å². The molecule has 2 aromatic carbocycles. The number of Topliss-reactive ketones (excluding diaryl/α,β-unsaturated/α-hetero) is 1. The lowest BCUT2D eigenvalue weighted by Crippen LogP contribution is -2.21. The normalized spacial score (nSPS) is 20.3. The zero-order chi connectivity index (χ0) is 17.2. The van der Waals surface area contributed by atoms with Crippen molar-refractivity contribution in [1.82, 2.24) is 0 Å². The molecule has 0 unspecified atom stereocenters. The summed E-state index contributed by atoms with van der Waals surface area (Å²) in [4.78, 5) is 16.9. The summed E-state index contributed by atoms with van der Waals surface area (Å²) < 4.78 is 5.10. The van der Waals surface area contributed by atoms with Gasteiger partial charge in [-0.05, 0) is 30.3 Å². The quantitative estimate of drug-likeness (QED) is 0.846. The summed E-state index contributed by atoms with van der Waals surface area (Å²) in [5.74, 6) is 1.03. The minimum absolute atomic E-state index is 0.0235. The van der Waals surface area contributed by atoms with E-state index in [1.54, 1.807) is 31.4 Å². The molecule has 2 aliphatic rings. The molecule has 6 nitrogen and oxygen atoms in total. The highest BCUT2D eigenvalue weighted by Gasteiger charge is 2.34. The van der Waals surface area contributed by atoms with Gasteiger partial charge in [-0.3, -0.25) is 4.79 Å². The van der Waals surface area contributed by atoms with Crippen LogP contribution in [0.1, 0.15) is 22.0 Å². The Bertz CT molecular complexity index is 864. The van der Waals surface area contributed by atoms with E-state index in [0.29, 0.717) is 10.7 Å². The molecule has 2 aromatic rings. The fourth-order valence-corrected chi connectivity index (χ4v) is 3.56. The number of carbonyl (C=O) groups excluding carboxylic acids is 1. The van der Waals surface area contributed by atoms with Gasteiger partial charge in [0.15, 0.2) is 11.9 Å². The summed E-state index contributed by atoms with van der Waals surface area (Å²) in [6, 6.07) is 15.0. The van der Waals surface area contributed by atoms with E-state index in [4.69, 9.17) is 4.74 Å². The van der Waals surface area contributed by atoms with Gasteiger partial charge < -0.3 is 10.1 Å². The molecule has 126 valence electrons. The Hall–Kier alpha value is -2.67. The minimum atomic E-state index is -0.145. The number of benzene rings is 2. The van der Waals surface area contributed by atoms with E-state index in [-0.39, 0.29) is 23.7 Å². The molecule has 0 bridgehead atoms. The fourth-order valence-electron chi connectivity index (χ4n) is 2.84. The number of aliphatic imine (C=N–C) groups is 1. The third-order valence-electron chi connectivity index (χ3n) is 4.14. The van der Waals surface area contributed by atoms with Gasteiger partial charge in [0.25, 0.3) is 0 Å². The second kappa shape index (κ2) is 6.68. The Morgan fingerprint density at radius 2 is 2.00 bits per heavy atom. The Balaban J connectivity index is 1.40. The molecule has 4 rings (SSSR count). The highest BCUT2D eigenvalue weighted by atomic mass is 32.2. The molecule has 0 radical (unpaired) electrons. The number of rotatable bonds is 4. The SMILES string of the molecule is COc1ccc(C(=O)CSC2=N[C@H]3Nc4ccccc4[C@H]3N=N2)cc1. The number of nitrogens with one attached hydrogen (secondary N) is 1. The summed E-state index contributed by atoms with van der Waals surface area (Å²) in [6.45, 7) is 0. The van der Waals surface area contributed by atoms with E-state index in [0.717, 1.165) is 17.0 Å². The average Bonchev–Trinajstić information content (AvgIpc) is 3.04. The number of anilines is 1. The lowest BCUT2D eigenvalue weighted by molar-refractivity contribution is 0.102. The van der Waals surface area contributed by atoms with Crippen LogP contribution in [0, 0.1) is 0 Å². The Morgan fingerprint density at radius 1 is 1.20 bits per heavy atom. The van der Waals surface area contributed by atoms with E-state index in [1.807, 2.05) is 24.3 Å². The van der Waals surface area contributed by atoms with Crippen LogP contribution in [0.2, 0.25) is 0 Å². The van der Waals surface area contributed by atoms with Crippen molar-refractivity contribution in [2.24, 2.45) is 15.2 Å². The molecule has 0 aliphatic carbocycles. The van der Waals surface area contributed by atoms with Crippen LogP contribution in [0.3, 0.4) is 0 Å². The van der Waals surface area contributed by atoms with Crippen LogP contribution in [-0.2, 0) is 0 Å². The van der Waals surface area contributed by atoms with Gasteiger partial charge in [0.2, 0.25) is 5.17 Å². The maximum Gasteiger partial charge on any atom is 0.206 e. The van der Waals surface area contributed by atoms with Gasteiger partial charge in [-0.25, -0.2) is 4.99 Å². The van der Waals surface area contributed by atoms with Crippen molar-refractivity contribution in [2.45, 2.75) is 12.2 Å². The molecule has 0 spiro atoms. The summed E-state index contributed by atoms with van der Waals surface area (Å²) in [5.41, 5.74) is 2.80. The molecule has 7 heteroatoms.